The van der Waals surface area contributed by atoms with Gasteiger partial charge in [0.25, 0.3) is 0 Å². The Morgan fingerprint density at radius 2 is 2.20 bits per heavy atom. The fourth-order valence-corrected chi connectivity index (χ4v) is 3.83. The van der Waals surface area contributed by atoms with Gasteiger partial charge < -0.3 is 4.74 Å². The monoisotopic (exact) mass is 362 g/mol. The molecule has 0 bridgehead atoms. The van der Waals surface area contributed by atoms with Crippen molar-refractivity contribution in [3.63, 3.8) is 0 Å². The van der Waals surface area contributed by atoms with Crippen LogP contribution in [0.3, 0.4) is 0 Å². The first-order valence-electron chi connectivity index (χ1n) is 7.89. The summed E-state index contributed by atoms with van der Waals surface area (Å²) in [5, 5.41) is 4.53. The van der Waals surface area contributed by atoms with Gasteiger partial charge in [-0.2, -0.15) is 5.10 Å². The fraction of sp³-hybridized carbons (Fsp3) is 0.353. The van der Waals surface area contributed by atoms with Crippen LogP contribution < -0.4 is 0 Å². The second kappa shape index (κ2) is 7.28. The van der Waals surface area contributed by atoms with Crippen molar-refractivity contribution >= 4 is 27.4 Å². The fourth-order valence-electron chi connectivity index (χ4n) is 2.71. The van der Waals surface area contributed by atoms with Crippen LogP contribution in [0.15, 0.2) is 24.5 Å². The van der Waals surface area contributed by atoms with Crippen molar-refractivity contribution in [3.05, 3.63) is 46.6 Å². The van der Waals surface area contributed by atoms with Gasteiger partial charge in [0.05, 0.1) is 13.2 Å². The normalized spacial score (nSPS) is 11.4. The van der Waals surface area contributed by atoms with Crippen molar-refractivity contribution in [2.75, 3.05) is 13.7 Å². The van der Waals surface area contributed by atoms with E-state index in [9.17, 15) is 9.18 Å². The van der Waals surface area contributed by atoms with Gasteiger partial charge in [0, 0.05) is 29.2 Å². The maximum absolute atomic E-state index is 14.4. The quantitative estimate of drug-likeness (QED) is 0.631. The van der Waals surface area contributed by atoms with Crippen molar-refractivity contribution in [2.45, 2.75) is 20.0 Å². The average molecular weight is 362 g/mol. The van der Waals surface area contributed by atoms with Gasteiger partial charge >= 0.3 is 5.97 Å². The van der Waals surface area contributed by atoms with Gasteiger partial charge in [-0.25, -0.2) is 14.2 Å². The highest BCUT2D eigenvalue weighted by Crippen LogP contribution is 2.34. The molecule has 2 aromatic heterocycles. The topological polar surface area (TPSA) is 60.2 Å². The summed E-state index contributed by atoms with van der Waals surface area (Å²) in [6.07, 6.45) is 1.49. The predicted octanol–water partition coefficient (Wildman–Crippen LogP) is 2.98. The third-order valence-electron chi connectivity index (χ3n) is 3.87. The zero-order chi connectivity index (χ0) is 18.0. The Labute approximate surface area is 148 Å². The summed E-state index contributed by atoms with van der Waals surface area (Å²) in [5.74, 6) is 0.0525. The maximum Gasteiger partial charge on any atom is 0.348 e. The number of ether oxygens (including phenoxy) is 1. The average Bonchev–Trinajstić information content (AvgIpc) is 3.13. The minimum atomic E-state index is -0.412. The Kier molecular flexibility index (Phi) is 5.10. The van der Waals surface area contributed by atoms with Crippen LogP contribution in [0.5, 0.6) is 0 Å². The molecule has 0 spiro atoms. The van der Waals surface area contributed by atoms with Crippen molar-refractivity contribution in [2.24, 2.45) is 7.05 Å². The first kappa shape index (κ1) is 17.5. The molecule has 0 atom stereocenters. The number of fused-ring (bicyclic) bond motifs is 1. The van der Waals surface area contributed by atoms with Gasteiger partial charge in [-0.3, -0.25) is 9.58 Å². The highest BCUT2D eigenvalue weighted by molar-refractivity contribution is 7.21. The van der Waals surface area contributed by atoms with E-state index in [1.165, 1.54) is 23.7 Å². The summed E-state index contributed by atoms with van der Waals surface area (Å²) in [5.41, 5.74) is 0.654. The summed E-state index contributed by atoms with van der Waals surface area (Å²) in [4.78, 5) is 18.9. The Morgan fingerprint density at radius 1 is 1.40 bits per heavy atom. The molecule has 6 nitrogen and oxygen atoms in total. The molecule has 8 heteroatoms. The zero-order valence-corrected chi connectivity index (χ0v) is 15.1. The molecule has 3 aromatic rings. The Hall–Kier alpha value is -2.32. The first-order chi connectivity index (χ1) is 12.0. The number of aryl methyl sites for hydroxylation is 1. The molecule has 0 N–H and O–H groups in total. The molecule has 0 unspecified atom stereocenters. The number of nitrogens with zero attached hydrogens (tertiary/aromatic N) is 4. The van der Waals surface area contributed by atoms with E-state index in [1.54, 1.807) is 17.7 Å². The number of aromatic nitrogens is 3. The van der Waals surface area contributed by atoms with E-state index in [4.69, 9.17) is 4.74 Å². The SMILES string of the molecule is CCOC(=O)c1sc2cccc(F)c2c1CN(C)Cc1ncnn1C. The third kappa shape index (κ3) is 3.54. The van der Waals surface area contributed by atoms with Gasteiger partial charge in [0.15, 0.2) is 0 Å². The van der Waals surface area contributed by atoms with Crippen molar-refractivity contribution in [1.29, 1.82) is 0 Å². The van der Waals surface area contributed by atoms with E-state index in [0.717, 1.165) is 10.5 Å². The molecule has 0 saturated carbocycles. The number of benzene rings is 1. The highest BCUT2D eigenvalue weighted by atomic mass is 32.1. The van der Waals surface area contributed by atoms with Crippen LogP contribution in [-0.2, 0) is 24.9 Å². The predicted molar refractivity (Wildman–Crippen MR) is 93.9 cm³/mol. The molecule has 0 amide bonds. The third-order valence-corrected chi connectivity index (χ3v) is 5.05. The molecule has 1 aromatic carbocycles. The molecule has 0 aliphatic rings. The van der Waals surface area contributed by atoms with Crippen LogP contribution in [-0.4, -0.2) is 39.3 Å². The lowest BCUT2D eigenvalue weighted by Crippen LogP contribution is -2.21. The lowest BCUT2D eigenvalue weighted by atomic mass is 10.1. The lowest BCUT2D eigenvalue weighted by molar-refractivity contribution is 0.0530. The van der Waals surface area contributed by atoms with E-state index >= 15 is 0 Å². The minimum absolute atomic E-state index is 0.282. The van der Waals surface area contributed by atoms with E-state index in [-0.39, 0.29) is 12.4 Å². The molecule has 132 valence electrons. The molecule has 0 radical (unpaired) electrons. The highest BCUT2D eigenvalue weighted by Gasteiger charge is 2.23. The van der Waals surface area contributed by atoms with E-state index in [1.807, 2.05) is 25.1 Å². The van der Waals surface area contributed by atoms with Crippen LogP contribution in [0.4, 0.5) is 4.39 Å². The van der Waals surface area contributed by atoms with E-state index in [0.29, 0.717) is 28.9 Å². The Morgan fingerprint density at radius 3 is 2.88 bits per heavy atom. The standard InChI is InChI=1S/C17H19FN4O2S/c1-4-24-17(23)16-11(15-12(18)6-5-7-13(15)25-16)8-21(2)9-14-19-10-20-22(14)3/h5-7,10H,4,8-9H2,1-3H3. The molecule has 0 aliphatic heterocycles. The second-order valence-corrected chi connectivity index (χ2v) is 6.77. The van der Waals surface area contributed by atoms with E-state index in [2.05, 4.69) is 10.1 Å². The minimum Gasteiger partial charge on any atom is -0.462 e. The number of halogens is 1. The summed E-state index contributed by atoms with van der Waals surface area (Å²) in [6.45, 7) is 2.97. The summed E-state index contributed by atoms with van der Waals surface area (Å²) in [7, 11) is 3.72. The maximum atomic E-state index is 14.4. The summed E-state index contributed by atoms with van der Waals surface area (Å²) >= 11 is 1.26. The van der Waals surface area contributed by atoms with Crippen molar-refractivity contribution < 1.29 is 13.9 Å². The largest absolute Gasteiger partial charge is 0.462 e. The number of esters is 1. The van der Waals surface area contributed by atoms with Crippen LogP contribution in [0, 0.1) is 5.82 Å². The molecular formula is C17H19FN4O2S. The van der Waals surface area contributed by atoms with Gasteiger partial charge in [0.2, 0.25) is 0 Å². The summed E-state index contributed by atoms with van der Waals surface area (Å²) < 4.78 is 22.0. The number of carbonyl (C=O) groups excluding carboxylic acids is 1. The number of hydrogen-bond acceptors (Lipinski definition) is 6. The number of rotatable bonds is 6. The summed E-state index contributed by atoms with van der Waals surface area (Å²) in [6, 6.07) is 4.88. The number of carbonyl (C=O) groups is 1. The molecule has 0 aliphatic carbocycles. The van der Waals surface area contributed by atoms with Gasteiger partial charge in [-0.1, -0.05) is 6.07 Å². The Balaban J connectivity index is 1.96. The number of hydrogen-bond donors (Lipinski definition) is 0. The second-order valence-electron chi connectivity index (χ2n) is 5.72. The lowest BCUT2D eigenvalue weighted by Gasteiger charge is -2.16. The molecule has 0 saturated heterocycles. The molecule has 2 heterocycles. The molecule has 0 fully saturated rings. The zero-order valence-electron chi connectivity index (χ0n) is 14.3. The van der Waals surface area contributed by atoms with Gasteiger partial charge in [0.1, 0.15) is 22.8 Å². The van der Waals surface area contributed by atoms with Crippen molar-refractivity contribution in [1.82, 2.24) is 19.7 Å². The van der Waals surface area contributed by atoms with Gasteiger partial charge in [-0.05, 0) is 26.1 Å². The molecular weight excluding hydrogens is 343 g/mol. The van der Waals surface area contributed by atoms with Crippen LogP contribution in [0.2, 0.25) is 0 Å². The van der Waals surface area contributed by atoms with E-state index < -0.39 is 5.97 Å². The Bertz CT molecular complexity index is 905. The molecule has 3 rings (SSSR count). The van der Waals surface area contributed by atoms with Crippen LogP contribution >= 0.6 is 11.3 Å². The van der Waals surface area contributed by atoms with Crippen LogP contribution in [0.25, 0.3) is 10.1 Å². The smallest absolute Gasteiger partial charge is 0.348 e. The van der Waals surface area contributed by atoms with Crippen molar-refractivity contribution in [3.8, 4) is 0 Å². The molecule has 25 heavy (non-hydrogen) atoms. The number of thiophene rings is 1. The first-order valence-corrected chi connectivity index (χ1v) is 8.71. The van der Waals surface area contributed by atoms with Gasteiger partial charge in [-0.15, -0.1) is 11.3 Å². The van der Waals surface area contributed by atoms with Crippen LogP contribution in [0.1, 0.15) is 28.0 Å².